The standard InChI is InChI=1S/C13H12P2S4/c16-14(12-7-3-1-4-8-12)11-15(17,19-18-14)13-9-5-2-6-10-13/h1-10H,11H2/t14-,15-/m1/s1. The first-order valence-corrected chi connectivity index (χ1v) is 15.1. The van der Waals surface area contributed by atoms with E-state index in [9.17, 15) is 0 Å². The van der Waals surface area contributed by atoms with Gasteiger partial charge in [-0.2, -0.15) is 0 Å². The second kappa shape index (κ2) is 5.67. The molecule has 1 aliphatic rings. The summed E-state index contributed by atoms with van der Waals surface area (Å²) in [6.07, 6.45) is 0. The lowest BCUT2D eigenvalue weighted by molar-refractivity contribution is 1.77. The summed E-state index contributed by atoms with van der Waals surface area (Å²) in [6, 6.07) is 21.1. The number of benzene rings is 2. The molecule has 98 valence electrons. The minimum absolute atomic E-state index is 1.02. The smallest absolute Gasteiger partial charge is 0.0511 e. The predicted molar refractivity (Wildman–Crippen MR) is 101 cm³/mol. The van der Waals surface area contributed by atoms with Crippen molar-refractivity contribution >= 4 is 65.5 Å². The van der Waals surface area contributed by atoms with E-state index in [1.807, 2.05) is 33.0 Å². The van der Waals surface area contributed by atoms with Crippen molar-refractivity contribution in [2.24, 2.45) is 0 Å². The van der Waals surface area contributed by atoms with Gasteiger partial charge in [-0.1, -0.05) is 84.3 Å². The van der Waals surface area contributed by atoms with Gasteiger partial charge in [0.15, 0.2) is 0 Å². The summed E-state index contributed by atoms with van der Waals surface area (Å²) in [5.41, 5.74) is 0. The van der Waals surface area contributed by atoms with Crippen molar-refractivity contribution in [3.63, 3.8) is 0 Å². The molecular formula is C13H12P2S4. The third-order valence-electron chi connectivity index (χ3n) is 2.95. The van der Waals surface area contributed by atoms with Gasteiger partial charge < -0.3 is 0 Å². The van der Waals surface area contributed by atoms with Crippen LogP contribution in [-0.2, 0) is 23.6 Å². The third kappa shape index (κ3) is 2.90. The van der Waals surface area contributed by atoms with Crippen molar-refractivity contribution in [3.05, 3.63) is 60.7 Å². The lowest BCUT2D eigenvalue weighted by Gasteiger charge is -2.16. The number of hydrogen-bond donors (Lipinski definition) is 0. The second-order valence-electron chi connectivity index (χ2n) is 4.31. The summed E-state index contributed by atoms with van der Waals surface area (Å²) < 4.78 is 0. The van der Waals surface area contributed by atoms with Crippen molar-refractivity contribution in [1.29, 1.82) is 0 Å². The van der Waals surface area contributed by atoms with Crippen LogP contribution in [-0.4, -0.2) is 5.90 Å². The summed E-state index contributed by atoms with van der Waals surface area (Å²) in [4.78, 5) is 0. The third-order valence-corrected chi connectivity index (χ3v) is 27.0. The molecule has 2 aromatic rings. The zero-order valence-electron chi connectivity index (χ0n) is 10.0. The SMILES string of the molecule is S=[P@]1(c2ccccc2)C[P@](=S)(c2ccccc2)SS1. The van der Waals surface area contributed by atoms with Crippen LogP contribution < -0.4 is 10.6 Å². The molecule has 0 spiro atoms. The van der Waals surface area contributed by atoms with E-state index in [0.717, 1.165) is 5.90 Å². The molecule has 0 N–H and O–H groups in total. The average Bonchev–Trinajstić information content (AvgIpc) is 2.80. The van der Waals surface area contributed by atoms with Gasteiger partial charge in [-0.25, -0.2) is 0 Å². The predicted octanol–water partition coefficient (Wildman–Crippen LogP) is 4.78. The van der Waals surface area contributed by atoms with Gasteiger partial charge in [0.1, 0.15) is 0 Å². The van der Waals surface area contributed by atoms with Crippen molar-refractivity contribution in [1.82, 2.24) is 0 Å². The first-order valence-electron chi connectivity index (χ1n) is 5.80. The van der Waals surface area contributed by atoms with Crippen LogP contribution >= 0.6 is 31.3 Å². The Morgan fingerprint density at radius 3 is 1.42 bits per heavy atom. The minimum Gasteiger partial charge on any atom is -0.0797 e. The molecule has 0 bridgehead atoms. The monoisotopic (exact) mass is 358 g/mol. The van der Waals surface area contributed by atoms with Crippen molar-refractivity contribution < 1.29 is 0 Å². The molecule has 2 aromatic carbocycles. The van der Waals surface area contributed by atoms with E-state index in [4.69, 9.17) is 23.6 Å². The van der Waals surface area contributed by atoms with Gasteiger partial charge in [0.2, 0.25) is 0 Å². The normalized spacial score (nSPS) is 30.3. The largest absolute Gasteiger partial charge is 0.0797 e. The first kappa shape index (κ1) is 14.4. The van der Waals surface area contributed by atoms with Crippen LogP contribution in [0.4, 0.5) is 0 Å². The summed E-state index contributed by atoms with van der Waals surface area (Å²) in [7, 11) is 3.77. The van der Waals surface area contributed by atoms with E-state index in [2.05, 4.69) is 48.5 Å². The molecule has 0 aliphatic carbocycles. The molecule has 0 nitrogen and oxygen atoms in total. The van der Waals surface area contributed by atoms with Crippen molar-refractivity contribution in [2.45, 2.75) is 0 Å². The fraction of sp³-hybridized carbons (Fsp3) is 0.0769. The Morgan fingerprint density at radius 2 is 1.05 bits per heavy atom. The lowest BCUT2D eigenvalue weighted by Crippen LogP contribution is -2.05. The van der Waals surface area contributed by atoms with Gasteiger partial charge in [-0.05, 0) is 31.4 Å². The first-order chi connectivity index (χ1) is 9.12. The maximum atomic E-state index is 6.00. The van der Waals surface area contributed by atoms with Crippen LogP contribution in [0.1, 0.15) is 0 Å². The lowest BCUT2D eigenvalue weighted by atomic mass is 10.4. The highest BCUT2D eigenvalue weighted by atomic mass is 33.5. The fourth-order valence-electron chi connectivity index (χ4n) is 1.96. The van der Waals surface area contributed by atoms with Gasteiger partial charge in [-0.3, -0.25) is 0 Å². The van der Waals surface area contributed by atoms with Gasteiger partial charge in [-0.15, -0.1) is 0 Å². The average molecular weight is 358 g/mol. The zero-order valence-corrected chi connectivity index (χ0v) is 15.1. The van der Waals surface area contributed by atoms with Crippen LogP contribution in [0, 0.1) is 0 Å². The van der Waals surface area contributed by atoms with E-state index in [1.54, 1.807) is 0 Å². The molecule has 0 unspecified atom stereocenters. The Hall–Kier alpha value is 0.440. The topological polar surface area (TPSA) is 0 Å². The molecule has 1 heterocycles. The van der Waals surface area contributed by atoms with E-state index < -0.39 is 10.5 Å². The van der Waals surface area contributed by atoms with Crippen LogP contribution in [0.15, 0.2) is 60.7 Å². The summed E-state index contributed by atoms with van der Waals surface area (Å²) in [6.45, 7) is 0. The zero-order chi connectivity index (χ0) is 13.3. The molecular weight excluding hydrogens is 346 g/mol. The van der Waals surface area contributed by atoms with Gasteiger partial charge >= 0.3 is 0 Å². The molecule has 0 amide bonds. The Morgan fingerprint density at radius 1 is 0.684 bits per heavy atom. The molecule has 1 aliphatic heterocycles. The molecule has 2 atom stereocenters. The summed E-state index contributed by atoms with van der Waals surface area (Å²) >= 11 is 12.0. The Bertz CT molecular complexity index is 610. The fourth-order valence-corrected chi connectivity index (χ4v) is 35.8. The minimum atomic E-state index is -1.55. The molecule has 0 aromatic heterocycles. The van der Waals surface area contributed by atoms with E-state index in [-0.39, 0.29) is 0 Å². The Labute approximate surface area is 131 Å². The number of rotatable bonds is 2. The highest BCUT2D eigenvalue weighted by Gasteiger charge is 2.39. The van der Waals surface area contributed by atoms with Crippen LogP contribution in [0.3, 0.4) is 0 Å². The molecule has 1 fully saturated rings. The molecule has 3 rings (SSSR count). The summed E-state index contributed by atoms with van der Waals surface area (Å²) in [5, 5.41) is -0.454. The summed E-state index contributed by atoms with van der Waals surface area (Å²) in [5.74, 6) is 1.02. The molecule has 0 saturated carbocycles. The van der Waals surface area contributed by atoms with Crippen molar-refractivity contribution in [2.75, 3.05) is 5.90 Å². The Balaban J connectivity index is 1.97. The van der Waals surface area contributed by atoms with Gasteiger partial charge in [0.05, 0.1) is 10.5 Å². The van der Waals surface area contributed by atoms with E-state index in [0.29, 0.717) is 0 Å². The van der Waals surface area contributed by atoms with Crippen LogP contribution in [0.5, 0.6) is 0 Å². The van der Waals surface area contributed by atoms with E-state index >= 15 is 0 Å². The van der Waals surface area contributed by atoms with Gasteiger partial charge in [0, 0.05) is 5.90 Å². The van der Waals surface area contributed by atoms with Crippen LogP contribution in [0.25, 0.3) is 0 Å². The highest BCUT2D eigenvalue weighted by Crippen LogP contribution is 2.87. The molecule has 0 radical (unpaired) electrons. The van der Waals surface area contributed by atoms with Crippen LogP contribution in [0.2, 0.25) is 0 Å². The maximum Gasteiger partial charge on any atom is 0.0511 e. The quantitative estimate of drug-likeness (QED) is 0.559. The molecule has 1 saturated heterocycles. The Kier molecular flexibility index (Phi) is 4.29. The molecule has 6 heteroatoms. The molecule has 19 heavy (non-hydrogen) atoms. The van der Waals surface area contributed by atoms with Gasteiger partial charge in [0.25, 0.3) is 0 Å². The maximum absolute atomic E-state index is 6.00. The number of hydrogen-bond acceptors (Lipinski definition) is 4. The second-order valence-corrected chi connectivity index (χ2v) is 21.9. The highest BCUT2D eigenvalue weighted by molar-refractivity contribution is 9.24. The van der Waals surface area contributed by atoms with Crippen molar-refractivity contribution in [3.8, 4) is 0 Å². The van der Waals surface area contributed by atoms with E-state index in [1.165, 1.54) is 10.6 Å².